The van der Waals surface area contributed by atoms with Crippen LogP contribution in [0, 0.1) is 10.4 Å². The molecule has 0 radical (unpaired) electrons. The van der Waals surface area contributed by atoms with Crippen LogP contribution in [0.5, 0.6) is 0 Å². The minimum atomic E-state index is 0.145. The first kappa shape index (κ1) is 23.7. The molecule has 192 valence electrons. The molecule has 1 atom stereocenters. The summed E-state index contributed by atoms with van der Waals surface area (Å²) in [4.78, 5) is 0. The van der Waals surface area contributed by atoms with Crippen LogP contribution in [0.1, 0.15) is 39.3 Å². The van der Waals surface area contributed by atoms with Crippen molar-refractivity contribution in [3.05, 3.63) is 206 Å². The van der Waals surface area contributed by atoms with Crippen molar-refractivity contribution in [3.8, 4) is 11.1 Å². The molecule has 0 heterocycles. The molecule has 0 spiro atoms. The number of hydrogen-bond donors (Lipinski definition) is 0. The Hall–Kier alpha value is -5.20. The molecule has 6 aromatic rings. The average Bonchev–Trinajstić information content (AvgIpc) is 3.64. The van der Waals surface area contributed by atoms with E-state index < -0.39 is 0 Å². The normalized spacial score (nSPS) is 14.2. The van der Waals surface area contributed by atoms with Crippen LogP contribution in [0.2, 0.25) is 0 Å². The van der Waals surface area contributed by atoms with Gasteiger partial charge in [-0.2, -0.15) is 0 Å². The highest BCUT2D eigenvalue weighted by molar-refractivity contribution is 5.84. The second-order valence-corrected chi connectivity index (χ2v) is 10.8. The van der Waals surface area contributed by atoms with Gasteiger partial charge in [0.15, 0.2) is 0 Å². The van der Waals surface area contributed by atoms with Crippen LogP contribution in [-0.4, -0.2) is 0 Å². The summed E-state index contributed by atoms with van der Waals surface area (Å²) in [6.45, 7) is 0. The van der Waals surface area contributed by atoms with Crippen LogP contribution in [0.3, 0.4) is 0 Å². The van der Waals surface area contributed by atoms with Crippen LogP contribution in [0.4, 0.5) is 0 Å². The first-order valence-corrected chi connectivity index (χ1v) is 14.3. The summed E-state index contributed by atoms with van der Waals surface area (Å²) >= 11 is 0. The van der Waals surface area contributed by atoms with Gasteiger partial charge in [-0.05, 0) is 77.0 Å². The van der Waals surface area contributed by atoms with Crippen molar-refractivity contribution in [2.45, 2.75) is 5.92 Å². The van der Waals surface area contributed by atoms with E-state index in [2.05, 4.69) is 164 Å². The Bertz CT molecular complexity index is 2130. The SMILES string of the molecule is C1=CC(c2c3c(ccc2=C(c2ccccc2)c2ccccc2)=c2ccccc2=C3)c2cccc(-c3ccccc3)c21. The maximum absolute atomic E-state index is 2.42. The summed E-state index contributed by atoms with van der Waals surface area (Å²) in [6, 6.07) is 52.8. The molecule has 0 bridgehead atoms. The Morgan fingerprint density at radius 2 is 1.15 bits per heavy atom. The Labute approximate surface area is 240 Å². The molecule has 0 nitrogen and oxygen atoms in total. The Morgan fingerprint density at radius 1 is 0.488 bits per heavy atom. The summed E-state index contributed by atoms with van der Waals surface area (Å²) in [5.41, 5.74) is 11.7. The van der Waals surface area contributed by atoms with Gasteiger partial charge < -0.3 is 0 Å². The quantitative estimate of drug-likeness (QED) is 0.219. The third-order valence-electron chi connectivity index (χ3n) is 8.56. The van der Waals surface area contributed by atoms with Gasteiger partial charge in [-0.25, -0.2) is 0 Å². The molecular weight excluding hydrogens is 492 g/mol. The maximum atomic E-state index is 2.42. The second kappa shape index (κ2) is 9.77. The highest BCUT2D eigenvalue weighted by atomic mass is 14.3. The zero-order valence-corrected chi connectivity index (χ0v) is 22.7. The summed E-state index contributed by atoms with van der Waals surface area (Å²) in [5, 5.41) is 5.22. The van der Waals surface area contributed by atoms with E-state index in [4.69, 9.17) is 0 Å². The minimum Gasteiger partial charge on any atom is -0.0720 e. The lowest BCUT2D eigenvalue weighted by Crippen LogP contribution is -2.19. The van der Waals surface area contributed by atoms with Crippen LogP contribution >= 0.6 is 0 Å². The first-order valence-electron chi connectivity index (χ1n) is 14.3. The summed E-state index contributed by atoms with van der Waals surface area (Å²) in [6.07, 6.45) is 7.17. The fourth-order valence-electron chi connectivity index (χ4n) is 6.75. The summed E-state index contributed by atoms with van der Waals surface area (Å²) in [7, 11) is 0. The molecule has 0 heteroatoms. The Kier molecular flexibility index (Phi) is 5.64. The van der Waals surface area contributed by atoms with Crippen molar-refractivity contribution in [3.63, 3.8) is 0 Å². The molecule has 0 N–H and O–H groups in total. The Morgan fingerprint density at radius 3 is 1.88 bits per heavy atom. The molecule has 0 aromatic heterocycles. The van der Waals surface area contributed by atoms with Gasteiger partial charge in [0, 0.05) is 5.92 Å². The van der Waals surface area contributed by atoms with E-state index in [9.17, 15) is 0 Å². The largest absolute Gasteiger partial charge is 0.0720 e. The van der Waals surface area contributed by atoms with Crippen molar-refractivity contribution in [2.24, 2.45) is 0 Å². The fourth-order valence-corrected chi connectivity index (χ4v) is 6.75. The molecule has 1 unspecified atom stereocenters. The van der Waals surface area contributed by atoms with Gasteiger partial charge in [0.05, 0.1) is 0 Å². The van der Waals surface area contributed by atoms with Crippen molar-refractivity contribution >= 4 is 17.7 Å². The maximum Gasteiger partial charge on any atom is 0.0291 e. The van der Waals surface area contributed by atoms with E-state index in [-0.39, 0.29) is 5.92 Å². The highest BCUT2D eigenvalue weighted by Crippen LogP contribution is 2.41. The number of fused-ring (bicyclic) bond motifs is 3. The van der Waals surface area contributed by atoms with Gasteiger partial charge in [0.2, 0.25) is 0 Å². The van der Waals surface area contributed by atoms with Gasteiger partial charge in [0.25, 0.3) is 0 Å². The van der Waals surface area contributed by atoms with E-state index in [1.807, 2.05) is 0 Å². The van der Waals surface area contributed by atoms with Gasteiger partial charge in [0.1, 0.15) is 0 Å². The molecule has 0 fully saturated rings. The van der Waals surface area contributed by atoms with Crippen molar-refractivity contribution in [2.75, 3.05) is 0 Å². The zero-order chi connectivity index (χ0) is 27.2. The highest BCUT2D eigenvalue weighted by Gasteiger charge is 2.26. The van der Waals surface area contributed by atoms with E-state index >= 15 is 0 Å². The van der Waals surface area contributed by atoms with E-state index in [1.165, 1.54) is 71.0 Å². The lowest BCUT2D eigenvalue weighted by atomic mass is 9.83. The topological polar surface area (TPSA) is 0 Å². The standard InChI is InChI=1S/C41H28/c1-4-13-28(14-5-1)32-21-12-22-34-35(32)23-25-37(34)41-38(26-24-36-33-20-11-10-19-31(33)27-39(36)41)40(29-15-6-2-7-16-29)30-17-8-3-9-18-30/h1-27,37H. The van der Waals surface area contributed by atoms with Crippen molar-refractivity contribution in [1.82, 2.24) is 0 Å². The molecule has 6 aromatic carbocycles. The van der Waals surface area contributed by atoms with Crippen LogP contribution in [0.25, 0.3) is 28.9 Å². The fraction of sp³-hybridized carbons (Fsp3) is 0.0244. The molecule has 2 aliphatic rings. The smallest absolute Gasteiger partial charge is 0.0291 e. The van der Waals surface area contributed by atoms with Crippen molar-refractivity contribution < 1.29 is 0 Å². The zero-order valence-electron chi connectivity index (χ0n) is 22.7. The molecule has 0 saturated carbocycles. The van der Waals surface area contributed by atoms with Gasteiger partial charge in [-0.1, -0.05) is 158 Å². The molecule has 2 aliphatic carbocycles. The summed E-state index contributed by atoms with van der Waals surface area (Å²) in [5.74, 6) is 0.145. The number of benzene rings is 6. The number of rotatable bonds is 4. The minimum absolute atomic E-state index is 0.145. The first-order chi connectivity index (χ1) is 20.4. The van der Waals surface area contributed by atoms with Crippen LogP contribution < -0.4 is 10.4 Å². The number of allylic oxidation sites excluding steroid dienone is 1. The predicted molar refractivity (Wildman–Crippen MR) is 171 cm³/mol. The molecule has 0 saturated heterocycles. The van der Waals surface area contributed by atoms with Crippen LogP contribution in [0.15, 0.2) is 152 Å². The summed E-state index contributed by atoms with van der Waals surface area (Å²) < 4.78 is 0. The molecule has 0 aliphatic heterocycles. The van der Waals surface area contributed by atoms with Gasteiger partial charge >= 0.3 is 0 Å². The third kappa shape index (κ3) is 3.91. The van der Waals surface area contributed by atoms with E-state index in [0.29, 0.717) is 0 Å². The third-order valence-corrected chi connectivity index (χ3v) is 8.56. The Balaban J connectivity index is 1.49. The van der Waals surface area contributed by atoms with E-state index in [1.54, 1.807) is 0 Å². The van der Waals surface area contributed by atoms with Crippen LogP contribution in [-0.2, 0) is 0 Å². The average molecular weight is 521 g/mol. The second-order valence-electron chi connectivity index (χ2n) is 10.8. The van der Waals surface area contributed by atoms with Crippen molar-refractivity contribution in [1.29, 1.82) is 0 Å². The number of hydrogen-bond acceptors (Lipinski definition) is 0. The predicted octanol–water partition coefficient (Wildman–Crippen LogP) is 8.19. The molecule has 8 rings (SSSR count). The van der Waals surface area contributed by atoms with Gasteiger partial charge in [-0.3, -0.25) is 0 Å². The molecular formula is C41H28. The molecule has 0 amide bonds. The lowest BCUT2D eigenvalue weighted by Gasteiger charge is -2.20. The molecule has 41 heavy (non-hydrogen) atoms. The monoisotopic (exact) mass is 520 g/mol. The van der Waals surface area contributed by atoms with E-state index in [0.717, 1.165) is 0 Å². The van der Waals surface area contributed by atoms with Gasteiger partial charge in [-0.15, -0.1) is 0 Å². The lowest BCUT2D eigenvalue weighted by molar-refractivity contribution is 1.03.